The Labute approximate surface area is 272 Å². The molecule has 0 N–H and O–H groups in total. The first-order chi connectivity index (χ1) is 22.9. The molecule has 0 rings (SSSR count). The molecule has 46 heavy (non-hydrogen) atoms. The van der Waals surface area contributed by atoms with E-state index >= 15 is 0 Å². The predicted molar refractivity (Wildman–Crippen MR) is 179 cm³/mol. The van der Waals surface area contributed by atoms with Gasteiger partial charge in [-0.2, -0.15) is 0 Å². The van der Waals surface area contributed by atoms with E-state index in [2.05, 4.69) is 255 Å². The molecule has 0 unspecified atom stereocenters. The maximum Gasteiger partial charge on any atom is 0 e. The van der Waals surface area contributed by atoms with E-state index in [4.69, 9.17) is 12.8 Å². The quantitative estimate of drug-likeness (QED) is 0.299. The molecule has 0 spiro atoms. The topological polar surface area (TPSA) is 0 Å². The Kier molecular flexibility index (Phi) is 27.2. The molecule has 0 radical (unpaired) electrons. The van der Waals surface area contributed by atoms with E-state index in [0.29, 0.717) is 0 Å². The summed E-state index contributed by atoms with van der Waals surface area (Å²) in [4.78, 5) is 0. The Hall–Kier alpha value is -10.1. The third-order valence-electron chi connectivity index (χ3n) is 2.70. The zero-order valence-electron chi connectivity index (χ0n) is 23.1. The van der Waals surface area contributed by atoms with Crippen LogP contribution in [0, 0.1) is 273 Å². The fourth-order valence-electron chi connectivity index (χ4n) is 1.32. The second-order valence-corrected chi connectivity index (χ2v) is 5.52. The highest BCUT2D eigenvalue weighted by Gasteiger charge is 1.61. The van der Waals surface area contributed by atoms with Crippen molar-refractivity contribution in [1.82, 2.24) is 0 Å². The van der Waals surface area contributed by atoms with Gasteiger partial charge in [0.15, 0.2) is 0 Å². The second-order valence-electron chi connectivity index (χ2n) is 5.52. The molecule has 0 aromatic carbocycles. The molecule has 186 valence electrons. The van der Waals surface area contributed by atoms with Gasteiger partial charge in [0.1, 0.15) is 0 Å². The largest absolute Gasteiger partial charge is 0.358 e. The molecule has 0 bridgehead atoms. The van der Waals surface area contributed by atoms with Crippen LogP contribution in [0.4, 0.5) is 0 Å². The van der Waals surface area contributed by atoms with Crippen LogP contribution in [0.15, 0.2) is 0 Å². The minimum Gasteiger partial charge on any atom is -0.358 e. The van der Waals surface area contributed by atoms with E-state index in [-0.39, 0.29) is 0 Å². The molecule has 0 amide bonds. The third kappa shape index (κ3) is 33.9. The van der Waals surface area contributed by atoms with E-state index in [1.807, 2.05) is 5.92 Å². The van der Waals surface area contributed by atoms with Crippen molar-refractivity contribution < 1.29 is 0 Å². The van der Waals surface area contributed by atoms with Crippen LogP contribution in [0.5, 0.6) is 0 Å². The van der Waals surface area contributed by atoms with Crippen molar-refractivity contribution >= 4 is 0 Å². The average molecular weight is 554 g/mol. The summed E-state index contributed by atoms with van der Waals surface area (Å²) < 4.78 is 0. The van der Waals surface area contributed by atoms with Crippen molar-refractivity contribution in [2.45, 2.75) is 0 Å². The molecular formula is C46H-. The van der Waals surface area contributed by atoms with Gasteiger partial charge in [0.25, 0.3) is 0 Å². The van der Waals surface area contributed by atoms with E-state index in [1.54, 1.807) is 0 Å². The van der Waals surface area contributed by atoms with Gasteiger partial charge in [-0.3, -0.25) is 5.92 Å². The predicted octanol–water partition coefficient (Wildman–Crippen LogP) is 0.281. The standard InChI is InChI=1S/C46H/c1-3-5-7-9-11-13-15-17-19-21-23-25-27-29-31-33-35-37-39-41-43-45-46-44-42-40-38-36-34-32-30-28-26-24-22-20-18-16-14-12-10-8-6-4-2/h1H/q-1. The first-order valence-electron chi connectivity index (χ1n) is 11.3. The zero-order valence-corrected chi connectivity index (χ0v) is 23.1. The molecule has 0 aliphatic rings. The Bertz CT molecular complexity index is 2560. The summed E-state index contributed by atoms with van der Waals surface area (Å²) in [7, 11) is 0. The first-order valence-corrected chi connectivity index (χ1v) is 11.3. The first kappa shape index (κ1) is 35.9. The van der Waals surface area contributed by atoms with Crippen LogP contribution in [0.1, 0.15) is 0 Å². The van der Waals surface area contributed by atoms with Crippen molar-refractivity contribution in [3.8, 4) is 267 Å². The molecule has 0 fully saturated rings. The van der Waals surface area contributed by atoms with Crippen molar-refractivity contribution in [3.63, 3.8) is 0 Å². The molecule has 0 aromatic rings. The normalized spacial score (nSPS) is 3.87. The van der Waals surface area contributed by atoms with Crippen LogP contribution < -0.4 is 0 Å². The van der Waals surface area contributed by atoms with Gasteiger partial charge in [0.05, 0.1) is 0 Å². The van der Waals surface area contributed by atoms with Gasteiger partial charge < -0.3 is 6.42 Å². The summed E-state index contributed by atoms with van der Waals surface area (Å²) in [5.74, 6) is 108. The van der Waals surface area contributed by atoms with Crippen molar-refractivity contribution in [2.75, 3.05) is 0 Å². The molecule has 0 saturated heterocycles. The van der Waals surface area contributed by atoms with Crippen molar-refractivity contribution in [3.05, 3.63) is 6.42 Å². The molecule has 0 aliphatic carbocycles. The lowest BCUT2D eigenvalue weighted by Crippen LogP contribution is -1.57. The minimum atomic E-state index is 1.87. The van der Waals surface area contributed by atoms with E-state index < -0.39 is 0 Å². The van der Waals surface area contributed by atoms with Gasteiger partial charge >= 0.3 is 0 Å². The summed E-state index contributed by atoms with van der Waals surface area (Å²) in [6, 6.07) is 0. The lowest BCUT2D eigenvalue weighted by atomic mass is 10.4. The fourth-order valence-corrected chi connectivity index (χ4v) is 1.32. The summed E-state index contributed by atoms with van der Waals surface area (Å²) in [5.41, 5.74) is 0. The molecule has 0 atom stereocenters. The molecule has 0 saturated carbocycles. The number of hydrogen-bond acceptors (Lipinski definition) is 0. The molecule has 0 nitrogen and oxygen atoms in total. The summed E-state index contributed by atoms with van der Waals surface area (Å²) in [5, 5.41) is 0. The molecule has 0 heteroatoms. The van der Waals surface area contributed by atoms with Crippen LogP contribution in [-0.2, 0) is 0 Å². The molecule has 0 aromatic heterocycles. The van der Waals surface area contributed by atoms with Crippen LogP contribution in [-0.4, -0.2) is 0 Å². The highest BCUT2D eigenvalue weighted by atomic mass is 13.6. The van der Waals surface area contributed by atoms with Crippen LogP contribution in [0.25, 0.3) is 0 Å². The Balaban J connectivity index is 4.55. The van der Waals surface area contributed by atoms with Crippen molar-refractivity contribution in [2.24, 2.45) is 0 Å². The Morgan fingerprint density at radius 2 is 0.283 bits per heavy atom. The smallest absolute Gasteiger partial charge is 0 e. The van der Waals surface area contributed by atoms with Gasteiger partial charge in [-0.25, -0.2) is 5.92 Å². The maximum atomic E-state index is 6.56. The number of rotatable bonds is 0. The molecular weight excluding hydrogens is 553 g/mol. The van der Waals surface area contributed by atoms with Gasteiger partial charge in [-0.15, -0.1) is 12.3 Å². The maximum absolute atomic E-state index is 6.56. The lowest BCUT2D eigenvalue weighted by Gasteiger charge is -1.63. The number of hydrogen-bond donors (Lipinski definition) is 0. The summed E-state index contributed by atoms with van der Waals surface area (Å²) >= 11 is 0. The average Bonchev–Trinajstić information content (AvgIpc) is 3.07. The van der Waals surface area contributed by atoms with E-state index in [9.17, 15) is 0 Å². The second kappa shape index (κ2) is 34.9. The van der Waals surface area contributed by atoms with Gasteiger partial charge in [0.2, 0.25) is 0 Å². The molecule has 0 aliphatic heterocycles. The molecule has 0 heterocycles. The van der Waals surface area contributed by atoms with Crippen LogP contribution in [0.2, 0.25) is 0 Å². The SMILES string of the molecule is [C-]#CC#CC#CC#CC#CC#CC#CC#CC#CC#CC#CC#CC#CC#CC#CC#CC#CC#CC#CC#CC#CC#CC#C. The summed E-state index contributed by atoms with van der Waals surface area (Å²) in [6.45, 7) is 0. The van der Waals surface area contributed by atoms with Gasteiger partial charge in [-0.1, -0.05) is 0 Å². The fraction of sp³-hybridized carbons (Fsp3) is 0. The van der Waals surface area contributed by atoms with Gasteiger partial charge in [0, 0.05) is 148 Å². The highest BCUT2D eigenvalue weighted by molar-refractivity contribution is 5.50. The monoisotopic (exact) mass is 553 g/mol. The summed E-state index contributed by atoms with van der Waals surface area (Å²) in [6.07, 6.45) is 11.5. The zero-order chi connectivity index (χ0) is 33.1. The van der Waals surface area contributed by atoms with Crippen LogP contribution in [0.3, 0.4) is 0 Å². The van der Waals surface area contributed by atoms with E-state index in [0.717, 1.165) is 0 Å². The van der Waals surface area contributed by atoms with Crippen LogP contribution >= 0.6 is 0 Å². The number of terminal acetylenes is 1. The van der Waals surface area contributed by atoms with Gasteiger partial charge in [-0.05, 0) is 94.7 Å². The highest BCUT2D eigenvalue weighted by Crippen LogP contribution is 1.61. The lowest BCUT2D eigenvalue weighted by molar-refractivity contribution is 2.31. The Morgan fingerprint density at radius 1 is 0.174 bits per heavy atom. The minimum absolute atomic E-state index is 1.87. The van der Waals surface area contributed by atoms with E-state index in [1.165, 1.54) is 0 Å². The van der Waals surface area contributed by atoms with Crippen molar-refractivity contribution in [1.29, 1.82) is 0 Å². The third-order valence-corrected chi connectivity index (χ3v) is 2.70. The Morgan fingerprint density at radius 3 is 0.391 bits per heavy atom.